The van der Waals surface area contributed by atoms with Crippen LogP contribution in [0.3, 0.4) is 0 Å². The van der Waals surface area contributed by atoms with Crippen molar-refractivity contribution in [2.24, 2.45) is 0 Å². The molecule has 2 aromatic carbocycles. The van der Waals surface area contributed by atoms with Crippen LogP contribution in [-0.4, -0.2) is 39.5 Å². The monoisotopic (exact) mass is 506 g/mol. The zero-order valence-corrected chi connectivity index (χ0v) is 20.6. The van der Waals surface area contributed by atoms with Gasteiger partial charge in [0.25, 0.3) is 0 Å². The van der Waals surface area contributed by atoms with Crippen molar-refractivity contribution in [1.82, 2.24) is 14.8 Å². The summed E-state index contributed by atoms with van der Waals surface area (Å²) in [6.45, 7) is 5.67. The van der Waals surface area contributed by atoms with Crippen molar-refractivity contribution in [3.8, 4) is 5.75 Å². The number of rotatable bonds is 9. The number of nitrogens with zero attached hydrogens (tertiary/aromatic N) is 3. The summed E-state index contributed by atoms with van der Waals surface area (Å²) in [6, 6.07) is 10.7. The summed E-state index contributed by atoms with van der Waals surface area (Å²) in [4.78, 5) is 24.3. The number of anilines is 1. The van der Waals surface area contributed by atoms with Crippen molar-refractivity contribution in [1.29, 1.82) is 0 Å². The Morgan fingerprint density at radius 1 is 1.18 bits per heavy atom. The normalized spacial score (nSPS) is 11.9. The Morgan fingerprint density at radius 3 is 2.59 bits per heavy atom. The van der Waals surface area contributed by atoms with Crippen molar-refractivity contribution in [3.05, 3.63) is 64.7 Å². The van der Waals surface area contributed by atoms with Crippen LogP contribution in [0.1, 0.15) is 49.1 Å². The molecule has 0 fully saturated rings. The summed E-state index contributed by atoms with van der Waals surface area (Å²) >= 11 is 7.21. The van der Waals surface area contributed by atoms with E-state index in [1.54, 1.807) is 31.2 Å². The summed E-state index contributed by atoms with van der Waals surface area (Å²) in [5.41, 5.74) is 0.566. The van der Waals surface area contributed by atoms with E-state index in [0.29, 0.717) is 16.7 Å². The first-order valence-electron chi connectivity index (χ1n) is 10.4. The molecule has 1 heterocycles. The number of halogens is 2. The molecular weight excluding hydrogens is 483 g/mol. The molecule has 0 aliphatic heterocycles. The molecule has 34 heavy (non-hydrogen) atoms. The van der Waals surface area contributed by atoms with Crippen molar-refractivity contribution < 1.29 is 23.5 Å². The Morgan fingerprint density at radius 2 is 1.91 bits per heavy atom. The molecule has 180 valence electrons. The average Bonchev–Trinajstić information content (AvgIpc) is 3.24. The molecule has 0 spiro atoms. The number of benzene rings is 2. The molecule has 0 aliphatic carbocycles. The van der Waals surface area contributed by atoms with E-state index in [1.165, 1.54) is 37.1 Å². The van der Waals surface area contributed by atoms with Gasteiger partial charge in [0.05, 0.1) is 23.4 Å². The lowest BCUT2D eigenvalue weighted by Crippen LogP contribution is -2.17. The van der Waals surface area contributed by atoms with Crippen molar-refractivity contribution >= 4 is 40.9 Å². The van der Waals surface area contributed by atoms with E-state index in [4.69, 9.17) is 21.1 Å². The summed E-state index contributed by atoms with van der Waals surface area (Å²) in [7, 11) is 1.25. The van der Waals surface area contributed by atoms with Gasteiger partial charge in [0.2, 0.25) is 5.91 Å². The number of hydrogen-bond acceptors (Lipinski definition) is 7. The van der Waals surface area contributed by atoms with E-state index in [1.807, 2.05) is 18.4 Å². The van der Waals surface area contributed by atoms with Crippen LogP contribution in [0.15, 0.2) is 47.6 Å². The highest BCUT2D eigenvalue weighted by atomic mass is 35.5. The average molecular weight is 507 g/mol. The number of methoxy groups -OCH3 is 1. The number of nitrogens with one attached hydrogen (secondary N) is 1. The fourth-order valence-electron chi connectivity index (χ4n) is 3.13. The van der Waals surface area contributed by atoms with Gasteiger partial charge in [-0.1, -0.05) is 35.5 Å². The van der Waals surface area contributed by atoms with Gasteiger partial charge >= 0.3 is 5.97 Å². The molecule has 3 aromatic rings. The molecule has 1 unspecified atom stereocenters. The fraction of sp³-hybridized carbons (Fsp3) is 0.304. The maximum atomic E-state index is 14.0. The number of aromatic nitrogens is 3. The molecule has 11 heteroatoms. The van der Waals surface area contributed by atoms with Crippen LogP contribution in [0.4, 0.5) is 10.1 Å². The van der Waals surface area contributed by atoms with E-state index < -0.39 is 17.9 Å². The lowest BCUT2D eigenvalue weighted by atomic mass is 10.2. The third-order valence-electron chi connectivity index (χ3n) is 4.70. The van der Waals surface area contributed by atoms with Crippen LogP contribution < -0.4 is 10.1 Å². The number of carbonyl (C=O) groups is 2. The minimum atomic E-state index is -0.597. The SMILES string of the molecule is COC(=O)c1cc(NC(=O)CSc2nnc(C(C)Oc3ccccc3F)n2C(C)C)ccc1Cl. The number of carbonyl (C=O) groups excluding carboxylic acids is 2. The predicted octanol–water partition coefficient (Wildman–Crippen LogP) is 5.31. The van der Waals surface area contributed by atoms with Gasteiger partial charge in [0.15, 0.2) is 28.7 Å². The van der Waals surface area contributed by atoms with Crippen LogP contribution in [0.5, 0.6) is 5.75 Å². The summed E-state index contributed by atoms with van der Waals surface area (Å²) in [5, 5.41) is 11.9. The van der Waals surface area contributed by atoms with E-state index in [2.05, 4.69) is 15.5 Å². The number of ether oxygens (including phenoxy) is 2. The summed E-state index contributed by atoms with van der Waals surface area (Å²) < 4.78 is 26.3. The standard InChI is InChI=1S/C23H24ClFN4O4S/c1-13(2)29-21(14(3)33-19-8-6-5-7-18(19)25)27-28-23(29)34-12-20(30)26-15-9-10-17(24)16(11-15)22(31)32-4/h5-11,13-14H,12H2,1-4H3,(H,26,30). The molecule has 1 atom stereocenters. The van der Waals surface area contributed by atoms with Gasteiger partial charge in [-0.3, -0.25) is 4.79 Å². The first-order chi connectivity index (χ1) is 16.2. The Bertz CT molecular complexity index is 1190. The quantitative estimate of drug-likeness (QED) is 0.310. The maximum absolute atomic E-state index is 14.0. The fourth-order valence-corrected chi connectivity index (χ4v) is 4.20. The molecule has 0 saturated heterocycles. The van der Waals surface area contributed by atoms with Crippen LogP contribution in [0, 0.1) is 5.82 Å². The third-order valence-corrected chi connectivity index (χ3v) is 5.97. The zero-order valence-electron chi connectivity index (χ0n) is 19.0. The van der Waals surface area contributed by atoms with E-state index in [-0.39, 0.29) is 34.0 Å². The second-order valence-corrected chi connectivity index (χ2v) is 8.87. The Balaban J connectivity index is 1.69. The van der Waals surface area contributed by atoms with Crippen LogP contribution in [0.25, 0.3) is 0 Å². The van der Waals surface area contributed by atoms with E-state index >= 15 is 0 Å². The number of esters is 1. The molecule has 0 bridgehead atoms. The van der Waals surface area contributed by atoms with Crippen LogP contribution in [0.2, 0.25) is 5.02 Å². The minimum Gasteiger partial charge on any atom is -0.480 e. The Hall–Kier alpha value is -3.11. The number of amides is 1. The lowest BCUT2D eigenvalue weighted by molar-refractivity contribution is -0.113. The summed E-state index contributed by atoms with van der Waals surface area (Å²) in [6.07, 6.45) is -0.569. The van der Waals surface area contributed by atoms with Gasteiger partial charge in [0.1, 0.15) is 0 Å². The predicted molar refractivity (Wildman–Crippen MR) is 128 cm³/mol. The summed E-state index contributed by atoms with van der Waals surface area (Å²) in [5.74, 6) is -0.686. The molecule has 3 rings (SSSR count). The molecule has 1 aromatic heterocycles. The maximum Gasteiger partial charge on any atom is 0.339 e. The molecular formula is C23H24ClFN4O4S. The highest BCUT2D eigenvalue weighted by molar-refractivity contribution is 7.99. The molecule has 0 aliphatic rings. The second-order valence-electron chi connectivity index (χ2n) is 7.52. The number of hydrogen-bond donors (Lipinski definition) is 1. The number of para-hydroxylation sites is 1. The van der Waals surface area contributed by atoms with Crippen molar-refractivity contribution in [2.45, 2.75) is 38.1 Å². The van der Waals surface area contributed by atoms with Gasteiger partial charge in [-0.25, -0.2) is 9.18 Å². The molecule has 0 saturated carbocycles. The van der Waals surface area contributed by atoms with Crippen molar-refractivity contribution in [2.75, 3.05) is 18.2 Å². The second kappa shape index (κ2) is 11.3. The largest absolute Gasteiger partial charge is 0.480 e. The van der Waals surface area contributed by atoms with Gasteiger partial charge in [-0.15, -0.1) is 10.2 Å². The first-order valence-corrected chi connectivity index (χ1v) is 11.7. The van der Waals surface area contributed by atoms with Crippen molar-refractivity contribution in [3.63, 3.8) is 0 Å². The first kappa shape index (κ1) is 25.5. The van der Waals surface area contributed by atoms with Gasteiger partial charge in [0, 0.05) is 11.7 Å². The zero-order chi connectivity index (χ0) is 24.8. The smallest absolute Gasteiger partial charge is 0.339 e. The van der Waals surface area contributed by atoms with Crippen LogP contribution in [-0.2, 0) is 9.53 Å². The van der Waals surface area contributed by atoms with E-state index in [0.717, 1.165) is 0 Å². The third kappa shape index (κ3) is 6.06. The van der Waals surface area contributed by atoms with Crippen LogP contribution >= 0.6 is 23.4 Å². The topological polar surface area (TPSA) is 95.3 Å². The molecule has 1 amide bonds. The molecule has 8 nitrogen and oxygen atoms in total. The minimum absolute atomic E-state index is 0.0267. The van der Waals surface area contributed by atoms with Gasteiger partial charge in [-0.05, 0) is 51.1 Å². The Kier molecular flexibility index (Phi) is 8.51. The van der Waals surface area contributed by atoms with Gasteiger partial charge in [-0.2, -0.15) is 0 Å². The number of thioether (sulfide) groups is 1. The Labute approximate surface area is 205 Å². The van der Waals surface area contributed by atoms with E-state index in [9.17, 15) is 14.0 Å². The molecule has 0 radical (unpaired) electrons. The highest BCUT2D eigenvalue weighted by Crippen LogP contribution is 2.29. The lowest BCUT2D eigenvalue weighted by Gasteiger charge is -2.19. The highest BCUT2D eigenvalue weighted by Gasteiger charge is 2.23. The van der Waals surface area contributed by atoms with Gasteiger partial charge < -0.3 is 19.4 Å². The molecule has 1 N–H and O–H groups in total.